The second-order valence-electron chi connectivity index (χ2n) is 4.40. The standard InChI is InChI=1S/C15H15BrClN/c1-10-3-4-12(7-11(10)2)9-18-15-6-5-13(17)8-14(15)16/h3-8,18H,9H2,1-2H3. The summed E-state index contributed by atoms with van der Waals surface area (Å²) in [5.74, 6) is 0. The molecule has 0 amide bonds. The van der Waals surface area contributed by atoms with E-state index in [0.29, 0.717) is 0 Å². The minimum atomic E-state index is 0.735. The lowest BCUT2D eigenvalue weighted by Gasteiger charge is -2.10. The zero-order valence-corrected chi connectivity index (χ0v) is 12.8. The van der Waals surface area contributed by atoms with E-state index in [1.807, 2.05) is 18.2 Å². The molecule has 0 aliphatic carbocycles. The summed E-state index contributed by atoms with van der Waals surface area (Å²) in [4.78, 5) is 0. The Hall–Kier alpha value is -0.990. The summed E-state index contributed by atoms with van der Waals surface area (Å²) < 4.78 is 0.985. The van der Waals surface area contributed by atoms with Crippen LogP contribution in [0.2, 0.25) is 5.02 Å². The zero-order chi connectivity index (χ0) is 13.1. The molecule has 0 spiro atoms. The molecule has 0 saturated carbocycles. The predicted octanol–water partition coefficient (Wildman–Crippen LogP) is 5.33. The van der Waals surface area contributed by atoms with Gasteiger partial charge in [-0.05, 0) is 64.7 Å². The van der Waals surface area contributed by atoms with E-state index in [-0.39, 0.29) is 0 Å². The van der Waals surface area contributed by atoms with Gasteiger partial charge in [0.2, 0.25) is 0 Å². The van der Waals surface area contributed by atoms with Crippen molar-refractivity contribution in [2.45, 2.75) is 20.4 Å². The summed E-state index contributed by atoms with van der Waals surface area (Å²) in [5.41, 5.74) is 4.98. The van der Waals surface area contributed by atoms with E-state index in [0.717, 1.165) is 21.7 Å². The number of hydrogen-bond acceptors (Lipinski definition) is 1. The number of aryl methyl sites for hydroxylation is 2. The highest BCUT2D eigenvalue weighted by Crippen LogP contribution is 2.26. The topological polar surface area (TPSA) is 12.0 Å². The Labute approximate surface area is 121 Å². The number of nitrogens with one attached hydrogen (secondary N) is 1. The Kier molecular flexibility index (Phi) is 4.31. The van der Waals surface area contributed by atoms with Gasteiger partial charge in [0.05, 0.1) is 0 Å². The van der Waals surface area contributed by atoms with Crippen LogP contribution in [0.3, 0.4) is 0 Å². The van der Waals surface area contributed by atoms with Crippen molar-refractivity contribution in [1.29, 1.82) is 0 Å². The molecule has 0 saturated heterocycles. The van der Waals surface area contributed by atoms with E-state index in [2.05, 4.69) is 53.3 Å². The molecule has 1 nitrogen and oxygen atoms in total. The predicted molar refractivity (Wildman–Crippen MR) is 82.4 cm³/mol. The maximum atomic E-state index is 5.91. The molecule has 2 aromatic carbocycles. The van der Waals surface area contributed by atoms with E-state index in [1.165, 1.54) is 16.7 Å². The van der Waals surface area contributed by atoms with E-state index in [4.69, 9.17) is 11.6 Å². The monoisotopic (exact) mass is 323 g/mol. The van der Waals surface area contributed by atoms with Gasteiger partial charge in [0, 0.05) is 21.7 Å². The van der Waals surface area contributed by atoms with Crippen LogP contribution in [0.15, 0.2) is 40.9 Å². The zero-order valence-electron chi connectivity index (χ0n) is 10.4. The number of rotatable bonds is 3. The third kappa shape index (κ3) is 3.27. The van der Waals surface area contributed by atoms with Gasteiger partial charge in [0.15, 0.2) is 0 Å². The summed E-state index contributed by atoms with van der Waals surface area (Å²) in [7, 11) is 0. The molecule has 0 bridgehead atoms. The molecule has 0 aromatic heterocycles. The van der Waals surface area contributed by atoms with Crippen LogP contribution in [0.5, 0.6) is 0 Å². The molecule has 0 unspecified atom stereocenters. The summed E-state index contributed by atoms with van der Waals surface area (Å²) in [6.45, 7) is 5.07. The summed E-state index contributed by atoms with van der Waals surface area (Å²) in [6, 6.07) is 12.3. The fourth-order valence-corrected chi connectivity index (χ4v) is 2.57. The van der Waals surface area contributed by atoms with Gasteiger partial charge in [-0.3, -0.25) is 0 Å². The van der Waals surface area contributed by atoms with Gasteiger partial charge < -0.3 is 5.32 Å². The number of hydrogen-bond donors (Lipinski definition) is 1. The summed E-state index contributed by atoms with van der Waals surface area (Å²) >= 11 is 9.41. The largest absolute Gasteiger partial charge is 0.380 e. The molecule has 0 heterocycles. The number of halogens is 2. The lowest BCUT2D eigenvalue weighted by molar-refractivity contribution is 1.13. The van der Waals surface area contributed by atoms with Crippen LogP contribution in [0, 0.1) is 13.8 Å². The van der Waals surface area contributed by atoms with E-state index in [9.17, 15) is 0 Å². The van der Waals surface area contributed by atoms with E-state index >= 15 is 0 Å². The molecule has 1 N–H and O–H groups in total. The maximum Gasteiger partial charge on any atom is 0.0488 e. The van der Waals surface area contributed by atoms with Crippen molar-refractivity contribution in [2.24, 2.45) is 0 Å². The highest BCUT2D eigenvalue weighted by Gasteiger charge is 2.01. The van der Waals surface area contributed by atoms with Crippen molar-refractivity contribution in [1.82, 2.24) is 0 Å². The Morgan fingerprint density at radius 2 is 1.83 bits per heavy atom. The molecule has 0 aliphatic rings. The lowest BCUT2D eigenvalue weighted by atomic mass is 10.1. The normalized spacial score (nSPS) is 10.4. The van der Waals surface area contributed by atoms with Crippen LogP contribution >= 0.6 is 27.5 Å². The van der Waals surface area contributed by atoms with Gasteiger partial charge in [-0.1, -0.05) is 29.8 Å². The molecule has 3 heteroatoms. The highest BCUT2D eigenvalue weighted by molar-refractivity contribution is 9.10. The van der Waals surface area contributed by atoms with Crippen molar-refractivity contribution in [3.8, 4) is 0 Å². The highest BCUT2D eigenvalue weighted by atomic mass is 79.9. The first-order chi connectivity index (χ1) is 8.56. The third-order valence-corrected chi connectivity index (χ3v) is 3.88. The summed E-state index contributed by atoms with van der Waals surface area (Å²) in [5, 5.41) is 4.13. The van der Waals surface area contributed by atoms with Gasteiger partial charge >= 0.3 is 0 Å². The van der Waals surface area contributed by atoms with Gasteiger partial charge in [-0.25, -0.2) is 0 Å². The Balaban J connectivity index is 2.09. The second-order valence-corrected chi connectivity index (χ2v) is 5.69. The molecular weight excluding hydrogens is 310 g/mol. The molecule has 2 rings (SSSR count). The number of benzene rings is 2. The van der Waals surface area contributed by atoms with Crippen molar-refractivity contribution < 1.29 is 0 Å². The Morgan fingerprint density at radius 1 is 1.06 bits per heavy atom. The average molecular weight is 325 g/mol. The molecule has 0 radical (unpaired) electrons. The number of anilines is 1. The van der Waals surface area contributed by atoms with Crippen LogP contribution in [0.1, 0.15) is 16.7 Å². The third-order valence-electron chi connectivity index (χ3n) is 2.99. The van der Waals surface area contributed by atoms with Gasteiger partial charge in [-0.15, -0.1) is 0 Å². The SMILES string of the molecule is Cc1ccc(CNc2ccc(Cl)cc2Br)cc1C. The second kappa shape index (κ2) is 5.77. The molecule has 2 aromatic rings. The lowest BCUT2D eigenvalue weighted by Crippen LogP contribution is -2.00. The Bertz CT molecular complexity index is 566. The van der Waals surface area contributed by atoms with Crippen LogP contribution in [-0.2, 0) is 6.54 Å². The van der Waals surface area contributed by atoms with Crippen molar-refractivity contribution in [3.05, 3.63) is 62.6 Å². The van der Waals surface area contributed by atoms with Crippen molar-refractivity contribution in [3.63, 3.8) is 0 Å². The Morgan fingerprint density at radius 3 is 2.50 bits per heavy atom. The quantitative estimate of drug-likeness (QED) is 0.804. The van der Waals surface area contributed by atoms with E-state index < -0.39 is 0 Å². The van der Waals surface area contributed by atoms with Crippen molar-refractivity contribution in [2.75, 3.05) is 5.32 Å². The molecular formula is C15H15BrClN. The molecule has 0 fully saturated rings. The van der Waals surface area contributed by atoms with Crippen LogP contribution in [0.25, 0.3) is 0 Å². The maximum absolute atomic E-state index is 5.91. The first kappa shape index (κ1) is 13.4. The van der Waals surface area contributed by atoms with Gasteiger partial charge in [-0.2, -0.15) is 0 Å². The summed E-state index contributed by atoms with van der Waals surface area (Å²) in [6.07, 6.45) is 0. The molecule has 0 atom stereocenters. The molecule has 18 heavy (non-hydrogen) atoms. The van der Waals surface area contributed by atoms with Crippen molar-refractivity contribution >= 4 is 33.2 Å². The van der Waals surface area contributed by atoms with Crippen LogP contribution in [-0.4, -0.2) is 0 Å². The van der Waals surface area contributed by atoms with Gasteiger partial charge in [0.25, 0.3) is 0 Å². The smallest absolute Gasteiger partial charge is 0.0488 e. The van der Waals surface area contributed by atoms with Crippen LogP contribution in [0.4, 0.5) is 5.69 Å². The average Bonchev–Trinajstić information content (AvgIpc) is 2.32. The fraction of sp³-hybridized carbons (Fsp3) is 0.200. The van der Waals surface area contributed by atoms with E-state index in [1.54, 1.807) is 0 Å². The van der Waals surface area contributed by atoms with Crippen LogP contribution < -0.4 is 5.32 Å². The minimum absolute atomic E-state index is 0.735. The first-order valence-electron chi connectivity index (χ1n) is 5.81. The molecule has 0 aliphatic heterocycles. The van der Waals surface area contributed by atoms with Gasteiger partial charge in [0.1, 0.15) is 0 Å². The fourth-order valence-electron chi connectivity index (χ4n) is 1.74. The first-order valence-corrected chi connectivity index (χ1v) is 6.98. The minimum Gasteiger partial charge on any atom is -0.380 e. The molecule has 94 valence electrons.